The van der Waals surface area contributed by atoms with Crippen LogP contribution in [0.2, 0.25) is 5.02 Å². The van der Waals surface area contributed by atoms with Crippen molar-refractivity contribution >= 4 is 46.2 Å². The Kier molecular flexibility index (Phi) is 3.77. The topological polar surface area (TPSA) is 74.7 Å². The minimum absolute atomic E-state index is 0.127. The van der Waals surface area contributed by atoms with Crippen LogP contribution in [0, 0.1) is 5.82 Å². The summed E-state index contributed by atoms with van der Waals surface area (Å²) in [5.41, 5.74) is 0.127. The molecular weight excluding hydrogens is 297 g/mol. The Morgan fingerprint density at radius 2 is 2.16 bits per heavy atom. The van der Waals surface area contributed by atoms with Crippen LogP contribution < -0.4 is 4.90 Å². The largest absolute Gasteiger partial charge is 0.481 e. The molecule has 5 nitrogen and oxygen atoms in total. The number of thioether (sulfide) groups is 1. The summed E-state index contributed by atoms with van der Waals surface area (Å²) >= 11 is 6.22. The first-order valence-electron chi connectivity index (χ1n) is 5.11. The predicted octanol–water partition coefficient (Wildman–Crippen LogP) is 2.52. The van der Waals surface area contributed by atoms with Crippen molar-refractivity contribution in [1.29, 1.82) is 0 Å². The summed E-state index contributed by atoms with van der Waals surface area (Å²) in [6.45, 7) is 0. The highest BCUT2D eigenvalue weighted by atomic mass is 35.5. The van der Waals surface area contributed by atoms with Gasteiger partial charge < -0.3 is 5.11 Å². The lowest BCUT2D eigenvalue weighted by Crippen LogP contribution is -2.32. The monoisotopic (exact) mass is 303 g/mol. The van der Waals surface area contributed by atoms with Gasteiger partial charge in [-0.2, -0.15) is 0 Å². The zero-order valence-electron chi connectivity index (χ0n) is 9.30. The van der Waals surface area contributed by atoms with E-state index in [1.807, 2.05) is 0 Å². The third kappa shape index (κ3) is 2.71. The number of carbonyl (C=O) groups is 3. The molecule has 0 bridgehead atoms. The maximum atomic E-state index is 13.0. The van der Waals surface area contributed by atoms with Crippen molar-refractivity contribution in [1.82, 2.24) is 0 Å². The average molecular weight is 304 g/mol. The first kappa shape index (κ1) is 13.8. The number of halogens is 2. The van der Waals surface area contributed by atoms with Gasteiger partial charge in [0, 0.05) is 0 Å². The van der Waals surface area contributed by atoms with Crippen LogP contribution >= 0.6 is 23.4 Å². The van der Waals surface area contributed by atoms with Crippen molar-refractivity contribution < 1.29 is 23.9 Å². The maximum Gasteiger partial charge on any atom is 0.305 e. The number of imide groups is 1. The van der Waals surface area contributed by atoms with Gasteiger partial charge in [0.15, 0.2) is 0 Å². The number of nitrogens with zero attached hydrogens (tertiary/aromatic N) is 1. The zero-order valence-corrected chi connectivity index (χ0v) is 10.9. The molecule has 0 radical (unpaired) electrons. The molecule has 0 spiro atoms. The highest BCUT2D eigenvalue weighted by Crippen LogP contribution is 2.34. The molecule has 1 N–H and O–H groups in total. The van der Waals surface area contributed by atoms with E-state index in [2.05, 4.69) is 0 Å². The molecule has 1 aliphatic rings. The Morgan fingerprint density at radius 1 is 1.47 bits per heavy atom. The van der Waals surface area contributed by atoms with Gasteiger partial charge in [-0.25, -0.2) is 9.29 Å². The van der Waals surface area contributed by atoms with Crippen LogP contribution in [0.25, 0.3) is 0 Å². The van der Waals surface area contributed by atoms with Crippen LogP contribution in [0.5, 0.6) is 0 Å². The van der Waals surface area contributed by atoms with Crippen molar-refractivity contribution in [3.05, 3.63) is 29.0 Å². The van der Waals surface area contributed by atoms with Crippen LogP contribution in [-0.4, -0.2) is 27.5 Å². The van der Waals surface area contributed by atoms with Gasteiger partial charge in [-0.1, -0.05) is 11.6 Å². The van der Waals surface area contributed by atoms with E-state index in [-0.39, 0.29) is 10.7 Å². The number of rotatable bonds is 3. The van der Waals surface area contributed by atoms with Crippen LogP contribution in [0.1, 0.15) is 6.42 Å². The lowest BCUT2D eigenvalue weighted by Gasteiger charge is -2.13. The molecule has 100 valence electrons. The predicted molar refractivity (Wildman–Crippen MR) is 67.9 cm³/mol. The molecule has 8 heteroatoms. The van der Waals surface area contributed by atoms with E-state index in [4.69, 9.17) is 16.7 Å². The van der Waals surface area contributed by atoms with E-state index in [0.717, 1.165) is 17.0 Å². The normalized spacial score (nSPS) is 19.1. The van der Waals surface area contributed by atoms with Crippen molar-refractivity contribution in [3.63, 3.8) is 0 Å². The van der Waals surface area contributed by atoms with Gasteiger partial charge in [0.25, 0.3) is 5.24 Å². The molecule has 0 aromatic heterocycles. The summed E-state index contributed by atoms with van der Waals surface area (Å²) in [7, 11) is 0. The van der Waals surface area contributed by atoms with E-state index < -0.39 is 34.6 Å². The number of carboxylic acids is 1. The molecule has 1 aromatic rings. The van der Waals surface area contributed by atoms with E-state index in [1.54, 1.807) is 0 Å². The number of aliphatic carboxylic acids is 1. The van der Waals surface area contributed by atoms with Crippen molar-refractivity contribution in [2.45, 2.75) is 11.7 Å². The first-order valence-corrected chi connectivity index (χ1v) is 6.37. The lowest BCUT2D eigenvalue weighted by atomic mass is 10.2. The van der Waals surface area contributed by atoms with Gasteiger partial charge in [0.2, 0.25) is 5.91 Å². The Balaban J connectivity index is 2.29. The van der Waals surface area contributed by atoms with Crippen LogP contribution in [0.3, 0.4) is 0 Å². The molecule has 19 heavy (non-hydrogen) atoms. The van der Waals surface area contributed by atoms with Gasteiger partial charge in [-0.3, -0.25) is 14.4 Å². The lowest BCUT2D eigenvalue weighted by molar-refractivity contribution is -0.138. The Bertz CT molecular complexity index is 580. The third-order valence-corrected chi connectivity index (χ3v) is 3.77. The first-order chi connectivity index (χ1) is 8.90. The number of carboxylic acid groups (broad SMARTS) is 1. The van der Waals surface area contributed by atoms with Gasteiger partial charge in [-0.05, 0) is 30.0 Å². The fourth-order valence-corrected chi connectivity index (χ4v) is 2.75. The fourth-order valence-electron chi connectivity index (χ4n) is 1.60. The Hall–Kier alpha value is -1.60. The number of amides is 2. The molecule has 2 rings (SSSR count). The molecule has 0 aliphatic carbocycles. The Labute approximate surface area is 116 Å². The molecule has 1 aromatic carbocycles. The van der Waals surface area contributed by atoms with Crippen LogP contribution in [0.15, 0.2) is 18.2 Å². The fraction of sp³-hybridized carbons (Fsp3) is 0.182. The number of anilines is 1. The average Bonchev–Trinajstić information content (AvgIpc) is 2.58. The molecule has 2 amide bonds. The molecule has 1 fully saturated rings. The van der Waals surface area contributed by atoms with E-state index >= 15 is 0 Å². The SMILES string of the molecule is O=C(O)CC1SC(=O)N(c2ccc(F)c(Cl)c2)C1=O. The number of benzene rings is 1. The molecule has 1 aliphatic heterocycles. The van der Waals surface area contributed by atoms with E-state index in [1.165, 1.54) is 6.07 Å². The minimum Gasteiger partial charge on any atom is -0.481 e. The summed E-state index contributed by atoms with van der Waals surface area (Å²) in [5.74, 6) is -2.48. The molecule has 1 saturated heterocycles. The highest BCUT2D eigenvalue weighted by molar-refractivity contribution is 8.15. The molecular formula is C11H7ClFNO4S. The van der Waals surface area contributed by atoms with Crippen LogP contribution in [0.4, 0.5) is 14.9 Å². The smallest absolute Gasteiger partial charge is 0.305 e. The summed E-state index contributed by atoms with van der Waals surface area (Å²) in [6.07, 6.45) is -0.444. The second-order valence-electron chi connectivity index (χ2n) is 3.74. The summed E-state index contributed by atoms with van der Waals surface area (Å²) in [4.78, 5) is 35.0. The van der Waals surface area contributed by atoms with Gasteiger partial charge in [-0.15, -0.1) is 0 Å². The van der Waals surface area contributed by atoms with Gasteiger partial charge in [0.1, 0.15) is 11.1 Å². The number of hydrogen-bond donors (Lipinski definition) is 1. The summed E-state index contributed by atoms with van der Waals surface area (Å²) in [5, 5.41) is 6.87. The molecule has 1 heterocycles. The van der Waals surface area contributed by atoms with Crippen LogP contribution in [-0.2, 0) is 9.59 Å². The Morgan fingerprint density at radius 3 is 2.74 bits per heavy atom. The maximum absolute atomic E-state index is 13.0. The van der Waals surface area contributed by atoms with E-state index in [9.17, 15) is 18.8 Å². The minimum atomic E-state index is -1.17. The number of hydrogen-bond acceptors (Lipinski definition) is 4. The zero-order chi connectivity index (χ0) is 14.2. The van der Waals surface area contributed by atoms with Crippen molar-refractivity contribution in [2.75, 3.05) is 4.90 Å². The van der Waals surface area contributed by atoms with Gasteiger partial charge in [0.05, 0.1) is 17.1 Å². The van der Waals surface area contributed by atoms with E-state index in [0.29, 0.717) is 11.8 Å². The van der Waals surface area contributed by atoms with Crippen molar-refractivity contribution in [3.8, 4) is 0 Å². The molecule has 1 atom stereocenters. The second-order valence-corrected chi connectivity index (χ2v) is 5.30. The molecule has 0 saturated carbocycles. The highest BCUT2D eigenvalue weighted by Gasteiger charge is 2.41. The summed E-state index contributed by atoms with van der Waals surface area (Å²) < 4.78 is 13.0. The second kappa shape index (κ2) is 5.18. The van der Waals surface area contributed by atoms with Gasteiger partial charge >= 0.3 is 5.97 Å². The quantitative estimate of drug-likeness (QED) is 0.928. The summed E-state index contributed by atoms with van der Waals surface area (Å²) in [6, 6.07) is 3.42. The molecule has 1 unspecified atom stereocenters. The standard InChI is InChI=1S/C11H7ClFNO4S/c12-6-3-5(1-2-7(6)13)14-10(17)8(4-9(15)16)19-11(14)18/h1-3,8H,4H2,(H,15,16). The van der Waals surface area contributed by atoms with Crippen molar-refractivity contribution in [2.24, 2.45) is 0 Å². The number of carbonyl (C=O) groups excluding carboxylic acids is 2. The third-order valence-electron chi connectivity index (χ3n) is 2.44.